The van der Waals surface area contributed by atoms with Crippen molar-refractivity contribution < 1.29 is 23.6 Å². The largest absolute Gasteiger partial charge is 0.443 e. The Morgan fingerprint density at radius 3 is 1.73 bits per heavy atom. The first-order valence-corrected chi connectivity index (χ1v) is 11.5. The van der Waals surface area contributed by atoms with E-state index in [1.165, 1.54) is 0 Å². The summed E-state index contributed by atoms with van der Waals surface area (Å²) in [5, 5.41) is 0.386. The van der Waals surface area contributed by atoms with Gasteiger partial charge in [-0.05, 0) is 73.1 Å². The molecule has 0 saturated heterocycles. The van der Waals surface area contributed by atoms with Crippen LogP contribution in [0.25, 0.3) is 0 Å². The van der Waals surface area contributed by atoms with Gasteiger partial charge in [0, 0.05) is 9.78 Å². The van der Waals surface area contributed by atoms with Crippen LogP contribution < -0.4 is 10.2 Å². The Morgan fingerprint density at radius 2 is 1.38 bits per heavy atom. The molecule has 0 N–H and O–H groups in total. The maximum absolute atomic E-state index is 12.8. The van der Waals surface area contributed by atoms with Crippen molar-refractivity contribution in [2.75, 3.05) is 18.2 Å². The molecule has 0 heterocycles. The molecule has 8 heteroatoms. The van der Waals surface area contributed by atoms with Crippen molar-refractivity contribution in [3.05, 3.63) is 22.7 Å². The van der Waals surface area contributed by atoms with Crippen LogP contribution in [0.1, 0.15) is 41.5 Å². The minimum absolute atomic E-state index is 0.177. The van der Waals surface area contributed by atoms with Crippen molar-refractivity contribution in [3.8, 4) is 0 Å². The van der Waals surface area contributed by atoms with Gasteiger partial charge in [-0.3, -0.25) is 0 Å². The van der Waals surface area contributed by atoms with Crippen LogP contribution in [0.4, 0.5) is 15.3 Å². The standard InChI is InChI=1S/C18H27BrNO5P/c1-17(2,3)24-15(21)20(16(22)25-18(4,5)6)13-11-12(19)9-10-14(13)26(7,8)23/h9-11H,1-8H3. The number of amides is 2. The van der Waals surface area contributed by atoms with Crippen molar-refractivity contribution in [2.24, 2.45) is 0 Å². The lowest BCUT2D eigenvalue weighted by atomic mass is 10.2. The van der Waals surface area contributed by atoms with Crippen LogP contribution in [0, 0.1) is 0 Å². The quantitative estimate of drug-likeness (QED) is 0.569. The lowest BCUT2D eigenvalue weighted by Crippen LogP contribution is -2.45. The number of rotatable bonds is 2. The molecular weight excluding hydrogens is 421 g/mol. The molecule has 0 aliphatic rings. The second-order valence-electron chi connectivity index (χ2n) is 8.28. The van der Waals surface area contributed by atoms with E-state index < -0.39 is 30.5 Å². The SMILES string of the molecule is CC(C)(C)OC(=O)N(C(=O)OC(C)(C)C)c1cc(Br)ccc1P(C)(C)=O. The summed E-state index contributed by atoms with van der Waals surface area (Å²) in [5.41, 5.74) is -1.45. The molecule has 0 atom stereocenters. The van der Waals surface area contributed by atoms with Crippen LogP contribution in [0.15, 0.2) is 22.7 Å². The van der Waals surface area contributed by atoms with Gasteiger partial charge in [0.1, 0.15) is 18.3 Å². The number of halogens is 1. The Balaban J connectivity index is 3.56. The maximum atomic E-state index is 12.8. The van der Waals surface area contributed by atoms with Gasteiger partial charge in [0.2, 0.25) is 0 Å². The number of benzene rings is 1. The average Bonchev–Trinajstić information content (AvgIpc) is 2.32. The van der Waals surface area contributed by atoms with Crippen LogP contribution in [0.2, 0.25) is 0 Å². The predicted molar refractivity (Wildman–Crippen MR) is 108 cm³/mol. The van der Waals surface area contributed by atoms with E-state index in [0.29, 0.717) is 9.78 Å². The van der Waals surface area contributed by atoms with E-state index in [1.54, 1.807) is 73.1 Å². The molecule has 1 aromatic carbocycles. The fourth-order valence-corrected chi connectivity index (χ4v) is 3.52. The summed E-state index contributed by atoms with van der Waals surface area (Å²) in [7, 11) is -2.79. The summed E-state index contributed by atoms with van der Waals surface area (Å²) < 4.78 is 24.1. The minimum atomic E-state index is -2.79. The number of hydrogen-bond donors (Lipinski definition) is 0. The highest BCUT2D eigenvalue weighted by molar-refractivity contribution is 9.10. The Hall–Kier alpha value is -1.33. The Labute approximate surface area is 163 Å². The Kier molecular flexibility index (Phi) is 6.75. The molecule has 146 valence electrons. The highest BCUT2D eigenvalue weighted by atomic mass is 79.9. The Morgan fingerprint density at radius 1 is 0.962 bits per heavy atom. The molecule has 0 radical (unpaired) electrons. The van der Waals surface area contributed by atoms with Crippen molar-refractivity contribution in [1.29, 1.82) is 0 Å². The van der Waals surface area contributed by atoms with E-state index in [0.717, 1.165) is 4.90 Å². The van der Waals surface area contributed by atoms with Crippen molar-refractivity contribution in [3.63, 3.8) is 0 Å². The molecule has 6 nitrogen and oxygen atoms in total. The molecule has 0 aliphatic heterocycles. The highest BCUT2D eigenvalue weighted by Gasteiger charge is 2.35. The van der Waals surface area contributed by atoms with E-state index in [-0.39, 0.29) is 5.69 Å². The number of nitrogens with zero attached hydrogens (tertiary/aromatic N) is 1. The minimum Gasteiger partial charge on any atom is -0.443 e. The van der Waals surface area contributed by atoms with Gasteiger partial charge in [0.05, 0.1) is 5.69 Å². The van der Waals surface area contributed by atoms with E-state index >= 15 is 0 Å². The Bertz CT molecular complexity index is 715. The third kappa shape index (κ3) is 6.76. The van der Waals surface area contributed by atoms with Gasteiger partial charge >= 0.3 is 12.2 Å². The third-order valence-electron chi connectivity index (χ3n) is 2.91. The smallest absolute Gasteiger partial charge is 0.424 e. The first kappa shape index (κ1) is 22.7. The first-order chi connectivity index (χ1) is 11.5. The summed E-state index contributed by atoms with van der Waals surface area (Å²) in [5.74, 6) is 0. The summed E-state index contributed by atoms with van der Waals surface area (Å²) in [6.07, 6.45) is -1.78. The van der Waals surface area contributed by atoms with Gasteiger partial charge in [-0.15, -0.1) is 0 Å². The number of anilines is 1. The van der Waals surface area contributed by atoms with Crippen LogP contribution in [-0.4, -0.2) is 36.7 Å². The van der Waals surface area contributed by atoms with Crippen LogP contribution in [0.3, 0.4) is 0 Å². The van der Waals surface area contributed by atoms with Gasteiger partial charge in [0.25, 0.3) is 0 Å². The van der Waals surface area contributed by atoms with Crippen LogP contribution in [-0.2, 0) is 14.0 Å². The van der Waals surface area contributed by atoms with Crippen molar-refractivity contribution in [2.45, 2.75) is 52.7 Å². The molecule has 0 fully saturated rings. The van der Waals surface area contributed by atoms with Crippen molar-refractivity contribution in [1.82, 2.24) is 0 Å². The van der Waals surface area contributed by atoms with Crippen LogP contribution in [0.5, 0.6) is 0 Å². The second kappa shape index (κ2) is 7.73. The summed E-state index contributed by atoms with van der Waals surface area (Å²) >= 11 is 3.33. The molecule has 1 aromatic rings. The monoisotopic (exact) mass is 447 g/mol. The third-order valence-corrected chi connectivity index (χ3v) is 4.94. The van der Waals surface area contributed by atoms with Crippen LogP contribution >= 0.6 is 23.1 Å². The molecular formula is C18H27BrNO5P. The molecule has 2 amide bonds. The zero-order valence-electron chi connectivity index (χ0n) is 16.5. The fraction of sp³-hybridized carbons (Fsp3) is 0.556. The van der Waals surface area contributed by atoms with Gasteiger partial charge in [-0.2, -0.15) is 4.90 Å². The topological polar surface area (TPSA) is 72.9 Å². The number of carbonyl (C=O) groups excluding carboxylic acids is 2. The van der Waals surface area contributed by atoms with E-state index in [4.69, 9.17) is 9.47 Å². The number of ether oxygens (including phenoxy) is 2. The van der Waals surface area contributed by atoms with Gasteiger partial charge in [-0.25, -0.2) is 9.59 Å². The molecule has 26 heavy (non-hydrogen) atoms. The number of hydrogen-bond acceptors (Lipinski definition) is 5. The molecule has 0 aromatic heterocycles. The van der Waals surface area contributed by atoms with E-state index in [9.17, 15) is 14.2 Å². The summed E-state index contributed by atoms with van der Waals surface area (Å²) in [6.45, 7) is 13.3. The zero-order valence-corrected chi connectivity index (χ0v) is 19.0. The van der Waals surface area contributed by atoms with Crippen molar-refractivity contribution >= 4 is 46.3 Å². The van der Waals surface area contributed by atoms with Gasteiger partial charge < -0.3 is 14.0 Å². The normalized spacial score (nSPS) is 12.5. The second-order valence-corrected chi connectivity index (χ2v) is 12.4. The van der Waals surface area contributed by atoms with E-state index in [2.05, 4.69) is 15.9 Å². The number of carbonyl (C=O) groups is 2. The average molecular weight is 448 g/mol. The molecule has 0 unspecified atom stereocenters. The van der Waals surface area contributed by atoms with E-state index in [1.807, 2.05) is 0 Å². The molecule has 0 aliphatic carbocycles. The summed E-state index contributed by atoms with van der Waals surface area (Å²) in [6, 6.07) is 4.89. The predicted octanol–water partition coefficient (Wildman–Crippen LogP) is 5.37. The summed E-state index contributed by atoms with van der Waals surface area (Å²) in [4.78, 5) is 26.4. The lowest BCUT2D eigenvalue weighted by molar-refractivity contribution is 0.0431. The zero-order chi connectivity index (χ0) is 20.5. The highest BCUT2D eigenvalue weighted by Crippen LogP contribution is 2.40. The molecule has 1 rings (SSSR count). The first-order valence-electron chi connectivity index (χ1n) is 8.12. The maximum Gasteiger partial charge on any atom is 0.424 e. The van der Waals surface area contributed by atoms with Gasteiger partial charge in [-0.1, -0.05) is 15.9 Å². The molecule has 0 saturated carbocycles. The fourth-order valence-electron chi connectivity index (χ4n) is 2.02. The number of imide groups is 1. The molecule has 0 spiro atoms. The lowest BCUT2D eigenvalue weighted by Gasteiger charge is -2.30. The molecule has 0 bridgehead atoms. The van der Waals surface area contributed by atoms with Gasteiger partial charge in [0.15, 0.2) is 0 Å².